The number of anilines is 1. The van der Waals surface area contributed by atoms with Gasteiger partial charge in [0.05, 0.1) is 0 Å². The minimum absolute atomic E-state index is 0.698. The molecule has 5 nitrogen and oxygen atoms in total. The van der Waals surface area contributed by atoms with Gasteiger partial charge in [-0.15, -0.1) is 5.10 Å². The lowest BCUT2D eigenvalue weighted by atomic mass is 10.4. The second-order valence-electron chi connectivity index (χ2n) is 3.89. The molecule has 0 aliphatic heterocycles. The number of aromatic nitrogens is 3. The summed E-state index contributed by atoms with van der Waals surface area (Å²) in [4.78, 5) is 6.75. The van der Waals surface area contributed by atoms with Crippen LogP contribution in [0.5, 0.6) is 0 Å². The maximum atomic E-state index is 4.38. The van der Waals surface area contributed by atoms with Gasteiger partial charge >= 0.3 is 0 Å². The van der Waals surface area contributed by atoms with E-state index in [0.717, 1.165) is 31.8 Å². The zero-order valence-corrected chi connectivity index (χ0v) is 10.4. The lowest BCUT2D eigenvalue weighted by Gasteiger charge is -2.17. The van der Waals surface area contributed by atoms with E-state index in [1.807, 2.05) is 24.4 Å². The number of likely N-dealkylation sites (N-methyl/N-ethyl adjacent to an activating group) is 1. The van der Waals surface area contributed by atoms with Crippen molar-refractivity contribution in [1.29, 1.82) is 0 Å². The Morgan fingerprint density at radius 1 is 1.29 bits per heavy atom. The van der Waals surface area contributed by atoms with E-state index < -0.39 is 0 Å². The molecule has 0 spiro atoms. The van der Waals surface area contributed by atoms with Crippen LogP contribution in [0.1, 0.15) is 13.8 Å². The molecule has 0 aromatic carbocycles. The number of hydrogen-bond donors (Lipinski definition) is 1. The first-order valence-corrected chi connectivity index (χ1v) is 6.11. The molecule has 0 aliphatic rings. The minimum Gasteiger partial charge on any atom is -0.352 e. The number of nitrogens with one attached hydrogen (secondary N) is 1. The first-order valence-electron chi connectivity index (χ1n) is 6.11. The lowest BCUT2D eigenvalue weighted by Crippen LogP contribution is -2.28. The van der Waals surface area contributed by atoms with Gasteiger partial charge in [-0.1, -0.05) is 19.9 Å². The predicted molar refractivity (Wildman–Crippen MR) is 69.3 cm³/mol. The van der Waals surface area contributed by atoms with Crippen LogP contribution in [-0.2, 0) is 0 Å². The van der Waals surface area contributed by atoms with Gasteiger partial charge in [-0.3, -0.25) is 0 Å². The number of pyridine rings is 1. The van der Waals surface area contributed by atoms with Crippen molar-refractivity contribution in [2.75, 3.05) is 31.5 Å². The first kappa shape index (κ1) is 11.9. The highest BCUT2D eigenvalue weighted by atomic mass is 15.3. The molecule has 2 rings (SSSR count). The molecule has 2 aromatic rings. The van der Waals surface area contributed by atoms with Gasteiger partial charge < -0.3 is 10.2 Å². The van der Waals surface area contributed by atoms with E-state index in [4.69, 9.17) is 0 Å². The second-order valence-corrected chi connectivity index (χ2v) is 3.89. The Balaban J connectivity index is 1.90. The quantitative estimate of drug-likeness (QED) is 0.821. The summed E-state index contributed by atoms with van der Waals surface area (Å²) in [6.45, 7) is 8.40. The molecule has 0 atom stereocenters. The summed E-state index contributed by atoms with van der Waals surface area (Å²) in [7, 11) is 0. The van der Waals surface area contributed by atoms with Crippen molar-refractivity contribution in [3.63, 3.8) is 0 Å². The van der Waals surface area contributed by atoms with Crippen LogP contribution in [0.15, 0.2) is 24.4 Å². The molecule has 5 heteroatoms. The topological polar surface area (TPSA) is 45.5 Å². The summed E-state index contributed by atoms with van der Waals surface area (Å²) < 4.78 is 1.78. The van der Waals surface area contributed by atoms with Crippen LogP contribution in [0.2, 0.25) is 0 Å². The summed E-state index contributed by atoms with van der Waals surface area (Å²) in [6.07, 6.45) is 1.90. The van der Waals surface area contributed by atoms with Crippen molar-refractivity contribution >= 4 is 11.6 Å². The lowest BCUT2D eigenvalue weighted by molar-refractivity contribution is 0.316. The molecule has 0 saturated carbocycles. The van der Waals surface area contributed by atoms with Gasteiger partial charge in [0.2, 0.25) is 5.95 Å². The Bertz CT molecular complexity index is 428. The van der Waals surface area contributed by atoms with Crippen LogP contribution >= 0.6 is 0 Å². The summed E-state index contributed by atoms with van der Waals surface area (Å²) in [5.41, 5.74) is 0.873. The van der Waals surface area contributed by atoms with Crippen molar-refractivity contribution < 1.29 is 0 Å². The van der Waals surface area contributed by atoms with Crippen LogP contribution in [0, 0.1) is 0 Å². The maximum Gasteiger partial charge on any atom is 0.243 e. The standard InChI is InChI=1S/C12H19N5/c1-3-16(4-2)10-8-13-12-14-11-7-5-6-9-17(11)15-12/h5-7,9H,3-4,8,10H2,1-2H3,(H,13,15). The molecule has 0 unspecified atom stereocenters. The molecule has 0 amide bonds. The van der Waals surface area contributed by atoms with E-state index in [2.05, 4.69) is 34.1 Å². The largest absolute Gasteiger partial charge is 0.352 e. The van der Waals surface area contributed by atoms with Crippen molar-refractivity contribution in [2.24, 2.45) is 0 Å². The zero-order valence-electron chi connectivity index (χ0n) is 10.4. The molecule has 2 heterocycles. The van der Waals surface area contributed by atoms with Crippen LogP contribution in [-0.4, -0.2) is 45.7 Å². The van der Waals surface area contributed by atoms with Crippen molar-refractivity contribution in [2.45, 2.75) is 13.8 Å². The van der Waals surface area contributed by atoms with Crippen LogP contribution in [0.3, 0.4) is 0 Å². The Labute approximate surface area is 101 Å². The third-order valence-electron chi connectivity index (χ3n) is 2.85. The van der Waals surface area contributed by atoms with Crippen LogP contribution in [0.4, 0.5) is 5.95 Å². The van der Waals surface area contributed by atoms with Gasteiger partial charge in [0.25, 0.3) is 0 Å². The normalized spacial score (nSPS) is 11.2. The van der Waals surface area contributed by atoms with E-state index in [1.165, 1.54) is 0 Å². The molecule has 0 saturated heterocycles. The molecule has 0 radical (unpaired) electrons. The fourth-order valence-electron chi connectivity index (χ4n) is 1.77. The molecule has 2 aromatic heterocycles. The summed E-state index contributed by atoms with van der Waals surface area (Å²) in [5, 5.41) is 7.59. The zero-order chi connectivity index (χ0) is 12.1. The summed E-state index contributed by atoms with van der Waals surface area (Å²) >= 11 is 0. The van der Waals surface area contributed by atoms with Crippen molar-refractivity contribution in [3.05, 3.63) is 24.4 Å². The summed E-state index contributed by atoms with van der Waals surface area (Å²) in [6, 6.07) is 5.85. The van der Waals surface area contributed by atoms with E-state index in [1.54, 1.807) is 4.52 Å². The van der Waals surface area contributed by atoms with E-state index >= 15 is 0 Å². The highest BCUT2D eigenvalue weighted by Crippen LogP contribution is 2.03. The molecule has 92 valence electrons. The molecule has 0 aliphatic carbocycles. The smallest absolute Gasteiger partial charge is 0.243 e. The molecule has 0 fully saturated rings. The van der Waals surface area contributed by atoms with Crippen LogP contribution < -0.4 is 5.32 Å². The molecule has 0 bridgehead atoms. The molecular formula is C12H19N5. The highest BCUT2D eigenvalue weighted by Gasteiger charge is 2.02. The van der Waals surface area contributed by atoms with Crippen molar-refractivity contribution in [1.82, 2.24) is 19.5 Å². The van der Waals surface area contributed by atoms with Crippen molar-refractivity contribution in [3.8, 4) is 0 Å². The molecular weight excluding hydrogens is 214 g/mol. The van der Waals surface area contributed by atoms with Gasteiger partial charge in [0, 0.05) is 19.3 Å². The number of nitrogens with zero attached hydrogens (tertiary/aromatic N) is 4. The Hall–Kier alpha value is -1.62. The third kappa shape index (κ3) is 2.94. The number of rotatable bonds is 6. The monoisotopic (exact) mass is 233 g/mol. The molecule has 1 N–H and O–H groups in total. The van der Waals surface area contributed by atoms with E-state index in [-0.39, 0.29) is 0 Å². The Morgan fingerprint density at radius 2 is 2.12 bits per heavy atom. The SMILES string of the molecule is CCN(CC)CCNc1nc2ccccn2n1. The van der Waals surface area contributed by atoms with Gasteiger partial charge in [-0.2, -0.15) is 4.98 Å². The highest BCUT2D eigenvalue weighted by molar-refractivity contribution is 5.42. The average Bonchev–Trinajstić information content (AvgIpc) is 2.77. The van der Waals surface area contributed by atoms with Gasteiger partial charge in [-0.25, -0.2) is 4.52 Å². The minimum atomic E-state index is 0.698. The Morgan fingerprint density at radius 3 is 2.82 bits per heavy atom. The number of hydrogen-bond acceptors (Lipinski definition) is 4. The average molecular weight is 233 g/mol. The van der Waals surface area contributed by atoms with Gasteiger partial charge in [0.1, 0.15) is 0 Å². The van der Waals surface area contributed by atoms with Crippen LogP contribution in [0.25, 0.3) is 5.65 Å². The van der Waals surface area contributed by atoms with E-state index in [9.17, 15) is 0 Å². The predicted octanol–water partition coefficient (Wildman–Crippen LogP) is 1.48. The number of fused-ring (bicyclic) bond motifs is 1. The second kappa shape index (κ2) is 5.63. The maximum absolute atomic E-state index is 4.38. The fraction of sp³-hybridized carbons (Fsp3) is 0.500. The fourth-order valence-corrected chi connectivity index (χ4v) is 1.77. The van der Waals surface area contributed by atoms with E-state index in [0.29, 0.717) is 5.95 Å². The van der Waals surface area contributed by atoms with Gasteiger partial charge in [-0.05, 0) is 25.2 Å². The Kier molecular flexibility index (Phi) is 3.93. The third-order valence-corrected chi connectivity index (χ3v) is 2.85. The summed E-state index contributed by atoms with van der Waals surface area (Å²) in [5.74, 6) is 0.698. The molecule has 17 heavy (non-hydrogen) atoms. The van der Waals surface area contributed by atoms with Gasteiger partial charge in [0.15, 0.2) is 5.65 Å². The first-order chi connectivity index (χ1) is 8.33.